The zero-order valence-electron chi connectivity index (χ0n) is 12.4. The number of aliphatic hydroxyl groups is 1. The highest BCUT2D eigenvalue weighted by atomic mass is 79.9. The van der Waals surface area contributed by atoms with Gasteiger partial charge in [-0.2, -0.15) is 5.26 Å². The summed E-state index contributed by atoms with van der Waals surface area (Å²) in [6, 6.07) is 2.44. The van der Waals surface area contributed by atoms with Crippen molar-refractivity contribution in [3.63, 3.8) is 0 Å². The Hall–Kier alpha value is 0.107. The monoisotopic (exact) mass is 345 g/mol. The van der Waals surface area contributed by atoms with E-state index in [2.05, 4.69) is 55.9 Å². The predicted molar refractivity (Wildman–Crippen MR) is 81.6 cm³/mol. The first-order valence-corrected chi connectivity index (χ1v) is 10.8. The van der Waals surface area contributed by atoms with Crippen LogP contribution < -0.4 is 0 Å². The van der Waals surface area contributed by atoms with E-state index in [0.29, 0.717) is 12.3 Å². The van der Waals surface area contributed by atoms with Crippen LogP contribution in [0.4, 0.5) is 0 Å². The minimum atomic E-state index is -1.95. The minimum Gasteiger partial charge on any atom is -0.399 e. The summed E-state index contributed by atoms with van der Waals surface area (Å²) in [5.74, 6) is 0.574. The van der Waals surface area contributed by atoms with Gasteiger partial charge in [0, 0.05) is 10.7 Å². The number of hydrogen-bond donors (Lipinski definition) is 1. The van der Waals surface area contributed by atoms with Crippen LogP contribution in [0.25, 0.3) is 0 Å². The Morgan fingerprint density at radius 2 is 2.00 bits per heavy atom. The second kappa shape index (κ2) is 4.56. The van der Waals surface area contributed by atoms with Crippen LogP contribution in [-0.2, 0) is 4.43 Å². The second-order valence-electron chi connectivity index (χ2n) is 7.59. The van der Waals surface area contributed by atoms with E-state index in [1.165, 1.54) is 0 Å². The highest BCUT2D eigenvalue weighted by Crippen LogP contribution is 2.59. The Labute approximate surface area is 125 Å². The third kappa shape index (κ3) is 2.31. The third-order valence-electron chi connectivity index (χ3n) is 5.36. The largest absolute Gasteiger partial charge is 0.399 e. The van der Waals surface area contributed by atoms with Gasteiger partial charge in [0.2, 0.25) is 0 Å². The fourth-order valence-corrected chi connectivity index (χ4v) is 5.35. The molecule has 0 aliphatic heterocycles. The van der Waals surface area contributed by atoms with Crippen molar-refractivity contribution in [1.29, 1.82) is 5.26 Å². The summed E-state index contributed by atoms with van der Waals surface area (Å²) in [7, 11) is -1.95. The molecule has 0 bridgehead atoms. The fraction of sp³-hybridized carbons (Fsp3) is 0.929. The molecule has 0 saturated heterocycles. The van der Waals surface area contributed by atoms with Gasteiger partial charge < -0.3 is 9.53 Å². The normalized spacial score (nSPS) is 42.4. The molecular weight excluding hydrogens is 322 g/mol. The van der Waals surface area contributed by atoms with E-state index >= 15 is 0 Å². The van der Waals surface area contributed by atoms with Crippen LogP contribution in [0.3, 0.4) is 0 Å². The highest BCUT2D eigenvalue weighted by molar-refractivity contribution is 9.09. The molecule has 0 radical (unpaired) electrons. The summed E-state index contributed by atoms with van der Waals surface area (Å²) in [6.07, 6.45) is 1.10. The van der Waals surface area contributed by atoms with Crippen molar-refractivity contribution in [3.8, 4) is 6.07 Å². The van der Waals surface area contributed by atoms with Crippen molar-refractivity contribution in [2.24, 2.45) is 11.8 Å². The first-order valence-electron chi connectivity index (χ1n) is 6.98. The molecule has 2 aliphatic carbocycles. The smallest absolute Gasteiger partial charge is 0.194 e. The number of rotatable bonds is 2. The van der Waals surface area contributed by atoms with Crippen LogP contribution in [0.15, 0.2) is 0 Å². The molecule has 0 aromatic rings. The standard InChI is InChI=1S/C14H24BrNO2Si/c1-13(2,3)19(4,5)18-14(8-16)7-9-10(14)6-11(17)12(9)15/h9-12,17H,6-7H2,1-5H3/t9-,10-,11+,12+,14-/m1/s1. The topological polar surface area (TPSA) is 53.2 Å². The lowest BCUT2D eigenvalue weighted by atomic mass is 9.64. The molecule has 0 aromatic carbocycles. The minimum absolute atomic E-state index is 0.104. The lowest BCUT2D eigenvalue weighted by Crippen LogP contribution is -2.60. The Bertz CT molecular complexity index is 415. The van der Waals surface area contributed by atoms with Crippen LogP contribution in [0.5, 0.6) is 0 Å². The molecule has 1 N–H and O–H groups in total. The molecule has 0 heterocycles. The van der Waals surface area contributed by atoms with Gasteiger partial charge in [-0.25, -0.2) is 0 Å². The van der Waals surface area contributed by atoms with Crippen LogP contribution in [-0.4, -0.2) is 30.0 Å². The van der Waals surface area contributed by atoms with Gasteiger partial charge in [0.25, 0.3) is 0 Å². The molecule has 108 valence electrons. The van der Waals surface area contributed by atoms with E-state index in [4.69, 9.17) is 4.43 Å². The molecule has 5 heteroatoms. The van der Waals surface area contributed by atoms with Crippen LogP contribution >= 0.6 is 15.9 Å². The molecule has 2 aliphatic rings. The molecule has 19 heavy (non-hydrogen) atoms. The molecular formula is C14H24BrNO2Si. The molecule has 0 aromatic heterocycles. The van der Waals surface area contributed by atoms with Gasteiger partial charge in [-0.05, 0) is 36.9 Å². The fourth-order valence-electron chi connectivity index (χ4n) is 3.08. The zero-order chi connectivity index (χ0) is 14.6. The van der Waals surface area contributed by atoms with Crippen LogP contribution in [0.1, 0.15) is 33.6 Å². The van der Waals surface area contributed by atoms with E-state index in [1.54, 1.807) is 0 Å². The third-order valence-corrected chi connectivity index (χ3v) is 11.1. The quantitative estimate of drug-likeness (QED) is 0.616. The Balaban J connectivity index is 2.18. The maximum Gasteiger partial charge on any atom is 0.194 e. The first-order chi connectivity index (χ1) is 8.54. The van der Waals surface area contributed by atoms with Crippen molar-refractivity contribution in [3.05, 3.63) is 0 Å². The van der Waals surface area contributed by atoms with Crippen LogP contribution in [0, 0.1) is 23.2 Å². The average molecular weight is 346 g/mol. The highest BCUT2D eigenvalue weighted by Gasteiger charge is 2.64. The van der Waals surface area contributed by atoms with E-state index in [1.807, 2.05) is 0 Å². The summed E-state index contributed by atoms with van der Waals surface area (Å²) < 4.78 is 6.43. The molecule has 0 spiro atoms. The maximum atomic E-state index is 9.96. The van der Waals surface area contributed by atoms with Crippen molar-refractivity contribution < 1.29 is 9.53 Å². The Morgan fingerprint density at radius 1 is 1.42 bits per heavy atom. The van der Waals surface area contributed by atoms with Gasteiger partial charge in [-0.3, -0.25) is 0 Å². The lowest BCUT2D eigenvalue weighted by molar-refractivity contribution is -0.0655. The van der Waals surface area contributed by atoms with Crippen molar-refractivity contribution in [2.75, 3.05) is 0 Å². The van der Waals surface area contributed by atoms with Crippen LogP contribution in [0.2, 0.25) is 18.1 Å². The van der Waals surface area contributed by atoms with E-state index in [0.717, 1.165) is 6.42 Å². The molecule has 0 amide bonds. The number of nitriles is 1. The SMILES string of the molecule is CC(C)(C)[Si](C)(C)O[C@@]1(C#N)C[C@H]2[C@H](Br)[C@@H](O)C[C@H]21. The zero-order valence-corrected chi connectivity index (χ0v) is 15.0. The van der Waals surface area contributed by atoms with Gasteiger partial charge >= 0.3 is 0 Å². The van der Waals surface area contributed by atoms with E-state index < -0.39 is 13.9 Å². The Kier molecular flexibility index (Phi) is 3.71. The van der Waals surface area contributed by atoms with E-state index in [9.17, 15) is 10.4 Å². The van der Waals surface area contributed by atoms with Gasteiger partial charge in [-0.15, -0.1) is 0 Å². The van der Waals surface area contributed by atoms with Gasteiger partial charge in [-0.1, -0.05) is 36.7 Å². The second-order valence-corrected chi connectivity index (χ2v) is 13.4. The average Bonchev–Trinajstić information content (AvgIpc) is 2.49. The summed E-state index contributed by atoms with van der Waals surface area (Å²) >= 11 is 3.56. The molecule has 3 nitrogen and oxygen atoms in total. The summed E-state index contributed by atoms with van der Waals surface area (Å²) in [6.45, 7) is 11.0. The predicted octanol–water partition coefficient (Wildman–Crippen LogP) is 3.43. The Morgan fingerprint density at radius 3 is 2.42 bits per heavy atom. The lowest BCUT2D eigenvalue weighted by Gasteiger charge is -2.53. The molecule has 0 unspecified atom stereocenters. The molecule has 2 fully saturated rings. The number of nitrogens with zero attached hydrogens (tertiary/aromatic N) is 1. The molecule has 5 atom stereocenters. The molecule has 2 rings (SSSR count). The number of alkyl halides is 1. The van der Waals surface area contributed by atoms with Gasteiger partial charge in [0.1, 0.15) is 5.60 Å². The van der Waals surface area contributed by atoms with E-state index in [-0.39, 0.29) is 21.9 Å². The summed E-state index contributed by atoms with van der Waals surface area (Å²) in [5.41, 5.74) is -0.656. The number of halogens is 1. The number of hydrogen-bond acceptors (Lipinski definition) is 3. The molecule has 2 saturated carbocycles. The van der Waals surface area contributed by atoms with Gasteiger partial charge in [0.15, 0.2) is 8.32 Å². The first kappa shape index (κ1) is 15.5. The van der Waals surface area contributed by atoms with Crippen molar-refractivity contribution >= 4 is 24.2 Å². The number of aliphatic hydroxyl groups excluding tert-OH is 1. The summed E-state index contributed by atoms with van der Waals surface area (Å²) in [5, 5.41) is 19.7. The maximum absolute atomic E-state index is 9.96. The number of fused-ring (bicyclic) bond motifs is 1. The van der Waals surface area contributed by atoms with Crippen molar-refractivity contribution in [2.45, 2.75) is 68.3 Å². The summed E-state index contributed by atoms with van der Waals surface area (Å²) in [4.78, 5) is 0.127. The van der Waals surface area contributed by atoms with Gasteiger partial charge in [0.05, 0.1) is 12.2 Å². The van der Waals surface area contributed by atoms with Crippen molar-refractivity contribution in [1.82, 2.24) is 0 Å².